The highest BCUT2D eigenvalue weighted by atomic mass is 16.5. The lowest BCUT2D eigenvalue weighted by atomic mass is 10.2. The number of hydrogen-bond donors (Lipinski definition) is 3. The Balaban J connectivity index is 1.92. The maximum Gasteiger partial charge on any atom is 0.119 e. The van der Waals surface area contributed by atoms with Crippen LogP contribution in [0.3, 0.4) is 0 Å². The lowest BCUT2D eigenvalue weighted by Gasteiger charge is -2.05. The third-order valence-electron chi connectivity index (χ3n) is 2.61. The first-order valence-electron chi connectivity index (χ1n) is 5.56. The van der Waals surface area contributed by atoms with Gasteiger partial charge in [-0.25, -0.2) is 0 Å². The summed E-state index contributed by atoms with van der Waals surface area (Å²) in [4.78, 5) is 3.12. The van der Waals surface area contributed by atoms with Gasteiger partial charge in [-0.05, 0) is 35.9 Å². The van der Waals surface area contributed by atoms with Gasteiger partial charge < -0.3 is 20.8 Å². The van der Waals surface area contributed by atoms with Gasteiger partial charge in [0.05, 0.1) is 7.11 Å². The first kappa shape index (κ1) is 11.5. The zero-order chi connectivity index (χ0) is 12.1. The lowest BCUT2D eigenvalue weighted by molar-refractivity contribution is 0.415. The smallest absolute Gasteiger partial charge is 0.119 e. The number of benzene rings is 1. The van der Waals surface area contributed by atoms with Crippen LogP contribution in [0.1, 0.15) is 11.3 Å². The second-order valence-corrected chi connectivity index (χ2v) is 3.82. The van der Waals surface area contributed by atoms with Crippen molar-refractivity contribution in [1.82, 2.24) is 4.98 Å². The number of anilines is 1. The summed E-state index contributed by atoms with van der Waals surface area (Å²) in [5.41, 5.74) is 8.86. The fourth-order valence-electron chi connectivity index (χ4n) is 1.63. The van der Waals surface area contributed by atoms with Gasteiger partial charge in [-0.1, -0.05) is 0 Å². The molecule has 0 aliphatic carbocycles. The number of aromatic amines is 1. The molecule has 0 aliphatic rings. The van der Waals surface area contributed by atoms with E-state index in [2.05, 4.69) is 16.4 Å². The molecule has 0 saturated heterocycles. The molecule has 4 nitrogen and oxygen atoms in total. The Morgan fingerprint density at radius 2 is 2.06 bits per heavy atom. The summed E-state index contributed by atoms with van der Waals surface area (Å²) in [5, 5.41) is 3.33. The van der Waals surface area contributed by atoms with Gasteiger partial charge in [-0.2, -0.15) is 0 Å². The number of hydrogen-bond acceptors (Lipinski definition) is 3. The molecule has 0 amide bonds. The molecule has 0 unspecified atom stereocenters. The Kier molecular flexibility index (Phi) is 3.67. The summed E-state index contributed by atoms with van der Waals surface area (Å²) in [6.07, 6.45) is 1.97. The van der Waals surface area contributed by atoms with Crippen molar-refractivity contribution in [2.24, 2.45) is 5.73 Å². The number of rotatable bonds is 5. The number of methoxy groups -OCH3 is 1. The summed E-state index contributed by atoms with van der Waals surface area (Å²) in [6.45, 7) is 1.32. The molecule has 0 atom stereocenters. The van der Waals surface area contributed by atoms with Crippen molar-refractivity contribution >= 4 is 5.69 Å². The van der Waals surface area contributed by atoms with E-state index in [0.29, 0.717) is 6.54 Å². The summed E-state index contributed by atoms with van der Waals surface area (Å²) >= 11 is 0. The van der Waals surface area contributed by atoms with Crippen molar-refractivity contribution in [2.45, 2.75) is 13.1 Å². The fraction of sp³-hybridized carbons (Fsp3) is 0.231. The summed E-state index contributed by atoms with van der Waals surface area (Å²) in [5.74, 6) is 0.864. The summed E-state index contributed by atoms with van der Waals surface area (Å²) in [6, 6.07) is 9.93. The molecule has 4 N–H and O–H groups in total. The van der Waals surface area contributed by atoms with Crippen LogP contribution in [0.15, 0.2) is 36.5 Å². The Labute approximate surface area is 101 Å². The number of H-pyrrole nitrogens is 1. The first-order valence-corrected chi connectivity index (χ1v) is 5.56. The maximum atomic E-state index is 5.54. The number of nitrogens with two attached hydrogens (primary N) is 1. The van der Waals surface area contributed by atoms with Gasteiger partial charge in [0.2, 0.25) is 0 Å². The molecule has 4 heteroatoms. The topological polar surface area (TPSA) is 63.1 Å². The minimum Gasteiger partial charge on any atom is -0.497 e. The van der Waals surface area contributed by atoms with E-state index >= 15 is 0 Å². The second-order valence-electron chi connectivity index (χ2n) is 3.82. The van der Waals surface area contributed by atoms with Crippen molar-refractivity contribution in [3.05, 3.63) is 47.8 Å². The SMILES string of the molecule is COc1ccc(NCc2c[nH]c(CN)c2)cc1. The quantitative estimate of drug-likeness (QED) is 0.738. The molecule has 0 saturated carbocycles. The van der Waals surface area contributed by atoms with Gasteiger partial charge in [0.1, 0.15) is 5.75 Å². The van der Waals surface area contributed by atoms with Crippen molar-refractivity contribution in [2.75, 3.05) is 12.4 Å². The van der Waals surface area contributed by atoms with Crippen LogP contribution < -0.4 is 15.8 Å². The van der Waals surface area contributed by atoms with Gasteiger partial charge in [-0.15, -0.1) is 0 Å². The van der Waals surface area contributed by atoms with Gasteiger partial charge in [0, 0.05) is 30.7 Å². The minimum atomic E-state index is 0.544. The molecule has 0 radical (unpaired) electrons. The molecule has 2 rings (SSSR count). The largest absolute Gasteiger partial charge is 0.497 e. The average molecular weight is 231 g/mol. The van der Waals surface area contributed by atoms with Gasteiger partial charge >= 0.3 is 0 Å². The highest BCUT2D eigenvalue weighted by molar-refractivity contribution is 5.46. The van der Waals surface area contributed by atoms with Gasteiger partial charge in [0.15, 0.2) is 0 Å². The van der Waals surface area contributed by atoms with E-state index in [1.165, 1.54) is 5.56 Å². The Hall–Kier alpha value is -1.94. The molecule has 1 aromatic heterocycles. The van der Waals surface area contributed by atoms with Crippen LogP contribution in [0.4, 0.5) is 5.69 Å². The van der Waals surface area contributed by atoms with E-state index in [4.69, 9.17) is 10.5 Å². The zero-order valence-electron chi connectivity index (χ0n) is 9.86. The summed E-state index contributed by atoms with van der Waals surface area (Å²) < 4.78 is 5.10. The minimum absolute atomic E-state index is 0.544. The predicted octanol–water partition coefficient (Wildman–Crippen LogP) is 2.09. The van der Waals surface area contributed by atoms with E-state index < -0.39 is 0 Å². The van der Waals surface area contributed by atoms with Crippen molar-refractivity contribution in [3.8, 4) is 5.75 Å². The molecule has 17 heavy (non-hydrogen) atoms. The first-order chi connectivity index (χ1) is 8.31. The highest BCUT2D eigenvalue weighted by Crippen LogP contribution is 2.16. The van der Waals surface area contributed by atoms with Crippen molar-refractivity contribution in [1.29, 1.82) is 0 Å². The molecule has 0 bridgehead atoms. The normalized spacial score (nSPS) is 10.2. The van der Waals surface area contributed by atoms with E-state index in [1.54, 1.807) is 7.11 Å². The molecular weight excluding hydrogens is 214 g/mol. The van der Waals surface area contributed by atoms with Gasteiger partial charge in [-0.3, -0.25) is 0 Å². The fourth-order valence-corrected chi connectivity index (χ4v) is 1.63. The number of nitrogens with one attached hydrogen (secondary N) is 2. The zero-order valence-corrected chi connectivity index (χ0v) is 9.86. The van der Waals surface area contributed by atoms with Crippen LogP contribution in [0.2, 0.25) is 0 Å². The van der Waals surface area contributed by atoms with Crippen LogP contribution in [-0.2, 0) is 13.1 Å². The molecule has 0 aliphatic heterocycles. The summed E-state index contributed by atoms with van der Waals surface area (Å²) in [7, 11) is 1.66. The third-order valence-corrected chi connectivity index (χ3v) is 2.61. The number of ether oxygens (including phenoxy) is 1. The molecule has 90 valence electrons. The molecule has 1 heterocycles. The molecule has 0 fully saturated rings. The molecular formula is C13H17N3O. The monoisotopic (exact) mass is 231 g/mol. The predicted molar refractivity (Wildman–Crippen MR) is 69.0 cm³/mol. The van der Waals surface area contributed by atoms with Crippen molar-refractivity contribution < 1.29 is 4.74 Å². The average Bonchev–Trinajstić information content (AvgIpc) is 2.85. The van der Waals surface area contributed by atoms with E-state index in [9.17, 15) is 0 Å². The van der Waals surface area contributed by atoms with Crippen LogP contribution in [0.25, 0.3) is 0 Å². The molecule has 0 spiro atoms. The third kappa shape index (κ3) is 3.01. The molecule has 1 aromatic carbocycles. The Morgan fingerprint density at radius 1 is 1.29 bits per heavy atom. The van der Waals surface area contributed by atoms with E-state index in [-0.39, 0.29) is 0 Å². The second kappa shape index (κ2) is 5.41. The van der Waals surface area contributed by atoms with Crippen LogP contribution in [-0.4, -0.2) is 12.1 Å². The Bertz CT molecular complexity index is 462. The molecule has 2 aromatic rings. The van der Waals surface area contributed by atoms with Gasteiger partial charge in [0.25, 0.3) is 0 Å². The van der Waals surface area contributed by atoms with Crippen LogP contribution in [0.5, 0.6) is 5.75 Å². The van der Waals surface area contributed by atoms with Crippen LogP contribution >= 0.6 is 0 Å². The standard InChI is InChI=1S/C13H17N3O/c1-17-13-4-2-11(3-5-13)15-8-10-6-12(7-14)16-9-10/h2-6,9,15-16H,7-8,14H2,1H3. The number of aromatic nitrogens is 1. The Morgan fingerprint density at radius 3 is 2.65 bits per heavy atom. The van der Waals surface area contributed by atoms with E-state index in [0.717, 1.165) is 23.7 Å². The highest BCUT2D eigenvalue weighted by Gasteiger charge is 1.98. The van der Waals surface area contributed by atoms with Crippen molar-refractivity contribution in [3.63, 3.8) is 0 Å². The van der Waals surface area contributed by atoms with Crippen LogP contribution in [0, 0.1) is 0 Å². The lowest BCUT2D eigenvalue weighted by Crippen LogP contribution is -1.98. The maximum absolute atomic E-state index is 5.54. The van der Waals surface area contributed by atoms with E-state index in [1.807, 2.05) is 30.5 Å².